The number of carbonyl (C=O) groups is 3. The van der Waals surface area contributed by atoms with Gasteiger partial charge in [-0.25, -0.2) is 0 Å². The Morgan fingerprint density at radius 1 is 1.18 bits per heavy atom. The van der Waals surface area contributed by atoms with Gasteiger partial charge in [0.2, 0.25) is 0 Å². The third-order valence-electron chi connectivity index (χ3n) is 0.651. The van der Waals surface area contributed by atoms with Crippen LogP contribution >= 0.6 is 0 Å². The molecule has 0 unspecified atom stereocenters. The standard InChI is InChI=1S/C6H8O4.Ni/c1-4(7)3-6(9)10-5(2)8;/h3H2,1-2H3;. The topological polar surface area (TPSA) is 60.4 Å². The van der Waals surface area contributed by atoms with E-state index in [-0.39, 0.29) is 28.7 Å². The van der Waals surface area contributed by atoms with Crippen LogP contribution in [0.1, 0.15) is 20.3 Å². The van der Waals surface area contributed by atoms with Crippen molar-refractivity contribution in [1.29, 1.82) is 0 Å². The first-order valence-corrected chi connectivity index (χ1v) is 2.73. The fourth-order valence-corrected chi connectivity index (χ4v) is 0.400. The van der Waals surface area contributed by atoms with Gasteiger partial charge in [-0.15, -0.1) is 0 Å². The van der Waals surface area contributed by atoms with E-state index in [1.165, 1.54) is 6.92 Å². The van der Waals surface area contributed by atoms with Crippen LogP contribution in [0.15, 0.2) is 0 Å². The summed E-state index contributed by atoms with van der Waals surface area (Å²) in [6, 6.07) is 0. The Hall–Kier alpha value is -0.696. The zero-order chi connectivity index (χ0) is 8.15. The Balaban J connectivity index is 0. The molecule has 0 amide bonds. The van der Waals surface area contributed by atoms with Gasteiger partial charge in [-0.2, -0.15) is 0 Å². The van der Waals surface area contributed by atoms with E-state index < -0.39 is 11.9 Å². The predicted octanol–water partition coefficient (Wildman–Crippen LogP) is 0.0527. The van der Waals surface area contributed by atoms with Crippen LogP contribution in [0.2, 0.25) is 0 Å². The molecule has 0 N–H and O–H groups in total. The molecule has 0 aliphatic rings. The van der Waals surface area contributed by atoms with E-state index in [2.05, 4.69) is 4.74 Å². The molecular weight excluding hydrogens is 195 g/mol. The van der Waals surface area contributed by atoms with Crippen LogP contribution in [0.4, 0.5) is 0 Å². The summed E-state index contributed by atoms with van der Waals surface area (Å²) in [5.74, 6) is -1.79. The number of ether oxygens (including phenoxy) is 1. The monoisotopic (exact) mass is 202 g/mol. The van der Waals surface area contributed by atoms with E-state index in [4.69, 9.17) is 0 Å². The van der Waals surface area contributed by atoms with Crippen molar-refractivity contribution in [2.75, 3.05) is 0 Å². The molecule has 0 aromatic carbocycles. The molecule has 0 radical (unpaired) electrons. The molecule has 0 aromatic heterocycles. The van der Waals surface area contributed by atoms with Crippen molar-refractivity contribution in [2.24, 2.45) is 0 Å². The molecule has 0 atom stereocenters. The van der Waals surface area contributed by atoms with Crippen LogP contribution in [-0.4, -0.2) is 17.7 Å². The van der Waals surface area contributed by atoms with E-state index >= 15 is 0 Å². The summed E-state index contributed by atoms with van der Waals surface area (Å²) in [7, 11) is 0. The second kappa shape index (κ2) is 6.04. The van der Waals surface area contributed by atoms with Crippen molar-refractivity contribution in [3.63, 3.8) is 0 Å². The minimum Gasteiger partial charge on any atom is -0.393 e. The Kier molecular flexibility index (Phi) is 7.10. The first kappa shape index (κ1) is 12.9. The summed E-state index contributed by atoms with van der Waals surface area (Å²) < 4.78 is 4.06. The fourth-order valence-electron chi connectivity index (χ4n) is 0.400. The molecule has 5 heteroatoms. The molecule has 11 heavy (non-hydrogen) atoms. The third kappa shape index (κ3) is 9.30. The zero-order valence-corrected chi connectivity index (χ0v) is 7.14. The number of hydrogen-bond donors (Lipinski definition) is 0. The molecule has 0 saturated heterocycles. The Morgan fingerprint density at radius 2 is 1.64 bits per heavy atom. The summed E-state index contributed by atoms with van der Waals surface area (Å²) >= 11 is 0. The Bertz CT molecular complexity index is 157. The van der Waals surface area contributed by atoms with Gasteiger partial charge in [0.25, 0.3) is 0 Å². The molecule has 0 heterocycles. The molecule has 0 aliphatic heterocycles. The summed E-state index contributed by atoms with van der Waals surface area (Å²) in [6.07, 6.45) is -0.334. The van der Waals surface area contributed by atoms with Gasteiger partial charge in [0.15, 0.2) is 0 Å². The van der Waals surface area contributed by atoms with Gasteiger partial charge in [-0.05, 0) is 6.92 Å². The van der Waals surface area contributed by atoms with E-state index in [9.17, 15) is 14.4 Å². The van der Waals surface area contributed by atoms with Gasteiger partial charge >= 0.3 is 11.9 Å². The maximum Gasteiger partial charge on any atom is 0.320 e. The molecule has 0 fully saturated rings. The number of esters is 2. The Morgan fingerprint density at radius 3 is 1.91 bits per heavy atom. The Labute approximate surface area is 74.2 Å². The van der Waals surface area contributed by atoms with Crippen LogP contribution in [0.25, 0.3) is 0 Å². The van der Waals surface area contributed by atoms with Gasteiger partial charge in [-0.3, -0.25) is 14.4 Å². The van der Waals surface area contributed by atoms with Gasteiger partial charge in [0.1, 0.15) is 12.2 Å². The van der Waals surface area contributed by atoms with Crippen molar-refractivity contribution >= 4 is 17.7 Å². The van der Waals surface area contributed by atoms with Crippen LogP contribution in [0.5, 0.6) is 0 Å². The number of Topliss-reactive ketones (excluding diaryl/α,β-unsaturated/α-hetero) is 1. The molecule has 0 spiro atoms. The van der Waals surface area contributed by atoms with Crippen molar-refractivity contribution in [2.45, 2.75) is 20.3 Å². The van der Waals surface area contributed by atoms with E-state index in [1.54, 1.807) is 0 Å². The second-order valence-corrected chi connectivity index (χ2v) is 1.84. The van der Waals surface area contributed by atoms with Crippen molar-refractivity contribution in [1.82, 2.24) is 0 Å². The number of hydrogen-bond acceptors (Lipinski definition) is 4. The fraction of sp³-hybridized carbons (Fsp3) is 0.500. The van der Waals surface area contributed by atoms with Crippen molar-refractivity contribution < 1.29 is 35.6 Å². The normalized spacial score (nSPS) is 7.82. The van der Waals surface area contributed by atoms with Crippen LogP contribution in [0, 0.1) is 0 Å². The van der Waals surface area contributed by atoms with Crippen LogP contribution in [0.3, 0.4) is 0 Å². The average molecular weight is 203 g/mol. The maximum atomic E-state index is 10.4. The summed E-state index contributed by atoms with van der Waals surface area (Å²) in [4.78, 5) is 30.7. The summed E-state index contributed by atoms with van der Waals surface area (Å²) in [5.41, 5.74) is 0. The summed E-state index contributed by atoms with van der Waals surface area (Å²) in [5, 5.41) is 0. The molecule has 4 nitrogen and oxygen atoms in total. The van der Waals surface area contributed by atoms with Crippen LogP contribution < -0.4 is 0 Å². The van der Waals surface area contributed by atoms with Crippen LogP contribution in [-0.2, 0) is 35.6 Å². The SMILES string of the molecule is CC(=O)CC(=O)OC(C)=O.[Ni]. The van der Waals surface area contributed by atoms with Gasteiger partial charge < -0.3 is 4.74 Å². The number of ketones is 1. The van der Waals surface area contributed by atoms with Gasteiger partial charge in [0, 0.05) is 23.4 Å². The molecule has 0 aromatic rings. The predicted molar refractivity (Wildman–Crippen MR) is 32.1 cm³/mol. The molecule has 0 rings (SSSR count). The maximum absolute atomic E-state index is 10.4. The quantitative estimate of drug-likeness (QED) is 0.361. The molecule has 66 valence electrons. The van der Waals surface area contributed by atoms with E-state index in [0.29, 0.717) is 0 Å². The smallest absolute Gasteiger partial charge is 0.320 e. The minimum absolute atomic E-state index is 0. The van der Waals surface area contributed by atoms with Crippen molar-refractivity contribution in [3.05, 3.63) is 0 Å². The summed E-state index contributed by atoms with van der Waals surface area (Å²) in [6.45, 7) is 2.36. The molecule has 0 bridgehead atoms. The van der Waals surface area contributed by atoms with Crippen molar-refractivity contribution in [3.8, 4) is 0 Å². The second-order valence-electron chi connectivity index (χ2n) is 1.84. The minimum atomic E-state index is -0.792. The molecular formula is C6H8NiO4. The first-order chi connectivity index (χ1) is 4.52. The van der Waals surface area contributed by atoms with E-state index in [0.717, 1.165) is 6.92 Å². The molecule has 0 saturated carbocycles. The van der Waals surface area contributed by atoms with Gasteiger partial charge in [0.05, 0.1) is 0 Å². The number of carbonyl (C=O) groups excluding carboxylic acids is 3. The first-order valence-electron chi connectivity index (χ1n) is 2.73. The van der Waals surface area contributed by atoms with E-state index in [1.807, 2.05) is 0 Å². The average Bonchev–Trinajstić information content (AvgIpc) is 1.58. The largest absolute Gasteiger partial charge is 0.393 e. The molecule has 0 aliphatic carbocycles. The zero-order valence-electron chi connectivity index (χ0n) is 6.16. The van der Waals surface area contributed by atoms with Gasteiger partial charge in [-0.1, -0.05) is 0 Å². The third-order valence-corrected chi connectivity index (χ3v) is 0.651. The number of rotatable bonds is 2.